The zero-order chi connectivity index (χ0) is 51.0. The van der Waals surface area contributed by atoms with Gasteiger partial charge in [0.05, 0.1) is 52.7 Å². The van der Waals surface area contributed by atoms with Crippen molar-refractivity contribution in [3.05, 3.63) is 209 Å². The van der Waals surface area contributed by atoms with Gasteiger partial charge in [0.15, 0.2) is 5.78 Å². The number of aromatic nitrogens is 6. The summed E-state index contributed by atoms with van der Waals surface area (Å²) in [6, 6.07) is 53.1. The van der Waals surface area contributed by atoms with E-state index in [9.17, 15) is 9.59 Å². The number of fused-ring (bicyclic) bond motifs is 8. The molecule has 0 radical (unpaired) electrons. The van der Waals surface area contributed by atoms with Crippen molar-refractivity contribution in [2.75, 3.05) is 12.4 Å². The molecule has 3 aliphatic rings. The fourth-order valence-corrected chi connectivity index (χ4v) is 10.3. The zero-order valence-electron chi connectivity index (χ0n) is 41.5. The van der Waals surface area contributed by atoms with Gasteiger partial charge >= 0.3 is 0 Å². The Labute approximate surface area is 432 Å². The molecule has 0 unspecified atom stereocenters. The maximum atomic E-state index is 13.8. The van der Waals surface area contributed by atoms with E-state index < -0.39 is 0 Å². The molecule has 75 heavy (non-hydrogen) atoms. The summed E-state index contributed by atoms with van der Waals surface area (Å²) < 4.78 is 5.65. The van der Waals surface area contributed by atoms with Crippen molar-refractivity contribution in [1.29, 1.82) is 0 Å². The lowest BCUT2D eigenvalue weighted by Crippen LogP contribution is -2.16. The molecule has 364 valence electrons. The van der Waals surface area contributed by atoms with Gasteiger partial charge < -0.3 is 30.0 Å². The average molecular weight is 979 g/mol. The number of anilines is 1. The molecule has 5 aromatic heterocycles. The van der Waals surface area contributed by atoms with Crippen LogP contribution in [0.3, 0.4) is 0 Å². The van der Waals surface area contributed by atoms with Crippen LogP contribution in [0.1, 0.15) is 55.2 Å². The number of carbonyl (C=O) groups excluding carboxylic acids is 2. The van der Waals surface area contributed by atoms with Crippen LogP contribution in [0, 0.1) is 0 Å². The lowest BCUT2D eigenvalue weighted by Gasteiger charge is -2.09. The summed E-state index contributed by atoms with van der Waals surface area (Å²) in [7, 11) is 1.62. The van der Waals surface area contributed by atoms with Gasteiger partial charge in [-0.2, -0.15) is 0 Å². The van der Waals surface area contributed by atoms with Crippen molar-refractivity contribution >= 4 is 75.5 Å². The van der Waals surface area contributed by atoms with Gasteiger partial charge in [0.2, 0.25) is 5.91 Å². The van der Waals surface area contributed by atoms with Crippen LogP contribution in [0.2, 0.25) is 0 Å². The fourth-order valence-electron chi connectivity index (χ4n) is 10.3. The smallest absolute Gasteiger partial charge is 0.224 e. The predicted octanol–water partition coefficient (Wildman–Crippen LogP) is 14.8. The molecule has 9 aromatic rings. The van der Waals surface area contributed by atoms with Gasteiger partial charge in [-0.05, 0) is 121 Å². The molecular weight excluding hydrogens is 929 g/mol. The SMILES string of the molecule is COc1cc(-c2ccc[nH]2)[nH]c1/C=C1\N=C(C)C(C(=O)CCC(=O)Nc2ccc(-c3c4nc(c(-c5ccccc5)c5ccc([nH]5)c(-c5ccccc5)c5nc(c(-c6ccccc6)c6ccc3[nH]6)C=C5)C=C4)cc2)=C1C. The van der Waals surface area contributed by atoms with E-state index >= 15 is 0 Å². The van der Waals surface area contributed by atoms with E-state index in [-0.39, 0.29) is 24.5 Å². The Kier molecular flexibility index (Phi) is 12.1. The summed E-state index contributed by atoms with van der Waals surface area (Å²) >= 11 is 0. The first kappa shape index (κ1) is 46.2. The molecule has 0 saturated heterocycles. The largest absolute Gasteiger partial charge is 0.494 e. The van der Waals surface area contributed by atoms with Crippen LogP contribution < -0.4 is 10.1 Å². The third-order valence-corrected chi connectivity index (χ3v) is 13.9. The summed E-state index contributed by atoms with van der Waals surface area (Å²) in [5.74, 6) is 0.254. The van der Waals surface area contributed by atoms with E-state index in [1.807, 2.05) is 111 Å². The summed E-state index contributed by atoms with van der Waals surface area (Å²) in [5, 5.41) is 3.03. The minimum atomic E-state index is -0.266. The van der Waals surface area contributed by atoms with Crippen molar-refractivity contribution in [2.24, 2.45) is 4.99 Å². The number of aliphatic imine (C=N–C) groups is 1. The second-order valence-electron chi connectivity index (χ2n) is 18.6. The van der Waals surface area contributed by atoms with Crippen LogP contribution in [-0.2, 0) is 9.59 Å². The molecule has 0 spiro atoms. The van der Waals surface area contributed by atoms with E-state index in [0.29, 0.717) is 28.4 Å². The van der Waals surface area contributed by atoms with Crippen LogP contribution in [0.25, 0.3) is 108 Å². The van der Waals surface area contributed by atoms with Gasteiger partial charge in [-0.3, -0.25) is 14.6 Å². The van der Waals surface area contributed by atoms with Crippen LogP contribution in [0.4, 0.5) is 5.69 Å². The Morgan fingerprint density at radius 2 is 1.03 bits per heavy atom. The number of nitrogens with zero attached hydrogens (tertiary/aromatic N) is 3. The number of carbonyl (C=O) groups is 2. The maximum absolute atomic E-state index is 13.8. The number of allylic oxidation sites excluding steroid dienone is 2. The van der Waals surface area contributed by atoms with E-state index in [0.717, 1.165) is 112 Å². The first-order chi connectivity index (χ1) is 36.8. The number of amides is 1. The highest BCUT2D eigenvalue weighted by Crippen LogP contribution is 2.39. The summed E-state index contributed by atoms with van der Waals surface area (Å²) in [5.41, 5.74) is 20.4. The lowest BCUT2D eigenvalue weighted by atomic mass is 9.98. The van der Waals surface area contributed by atoms with Gasteiger partial charge in [-0.15, -0.1) is 0 Å². The first-order valence-corrected chi connectivity index (χ1v) is 24.9. The normalized spacial score (nSPS) is 13.4. The molecule has 0 aliphatic carbocycles. The zero-order valence-corrected chi connectivity index (χ0v) is 41.5. The van der Waals surface area contributed by atoms with Gasteiger partial charge in [0, 0.05) is 86.4 Å². The molecular formula is C64H50N8O3. The molecule has 5 N–H and O–H groups in total. The molecule has 11 nitrogen and oxygen atoms in total. The molecule has 0 saturated carbocycles. The highest BCUT2D eigenvalue weighted by Gasteiger charge is 2.25. The Hall–Kier alpha value is -9.87. The van der Waals surface area contributed by atoms with E-state index in [1.54, 1.807) is 7.11 Å². The number of rotatable bonds is 12. The number of ether oxygens (including phenoxy) is 1. The monoisotopic (exact) mass is 978 g/mol. The number of methoxy groups -OCH3 is 1. The molecule has 3 aliphatic heterocycles. The predicted molar refractivity (Wildman–Crippen MR) is 304 cm³/mol. The van der Waals surface area contributed by atoms with Crippen LogP contribution in [0.5, 0.6) is 5.75 Å². The highest BCUT2D eigenvalue weighted by molar-refractivity contribution is 6.25. The molecule has 4 aromatic carbocycles. The topological polar surface area (TPSA) is 157 Å². The summed E-state index contributed by atoms with van der Waals surface area (Å²) in [4.78, 5) is 57.1. The Morgan fingerprint density at radius 1 is 0.547 bits per heavy atom. The van der Waals surface area contributed by atoms with Crippen LogP contribution in [0.15, 0.2) is 186 Å². The highest BCUT2D eigenvalue weighted by atomic mass is 16.5. The molecule has 0 atom stereocenters. The standard InChI is InChI=1S/C64H50N8O3/c1-38-54(36-56-58(75-3)37-55(72-56)45-20-13-35-65-45)66-39(2)60(38)57(73)33-34-59(74)67-44-23-21-43(22-24-44)64-52-31-29-50(70-52)62(41-16-9-5-10-17-41)48-27-25-46(68-48)61(40-14-7-4-8-15-40)47-26-28-49(69-47)63(42-18-11-6-12-19-42)51-30-32-53(64)71-51/h4-32,35-37,65,68,71-72H,33-34H2,1-3H3,(H,67,74)/b54-36-,61-46?,61-47?,62-48?,62-50?,63-49?,63-51?,64-52?,64-53?. The fraction of sp³-hybridized carbons (Fsp3) is 0.0781. The van der Waals surface area contributed by atoms with Gasteiger partial charge in [-0.25, -0.2) is 9.97 Å². The second-order valence-corrected chi connectivity index (χ2v) is 18.6. The summed E-state index contributed by atoms with van der Waals surface area (Å²) in [6.45, 7) is 3.71. The maximum Gasteiger partial charge on any atom is 0.224 e. The number of H-pyrrole nitrogens is 4. The molecule has 12 rings (SSSR count). The summed E-state index contributed by atoms with van der Waals surface area (Å²) in [6.07, 6.45) is 12.1. The molecule has 8 bridgehead atoms. The van der Waals surface area contributed by atoms with E-state index in [2.05, 4.69) is 122 Å². The lowest BCUT2D eigenvalue weighted by molar-refractivity contribution is -0.120. The van der Waals surface area contributed by atoms with Gasteiger partial charge in [0.1, 0.15) is 5.75 Å². The van der Waals surface area contributed by atoms with Crippen molar-refractivity contribution in [2.45, 2.75) is 26.7 Å². The number of hydrogen-bond acceptors (Lipinski definition) is 6. The Balaban J connectivity index is 0.895. The molecule has 8 heterocycles. The van der Waals surface area contributed by atoms with Crippen molar-refractivity contribution in [3.8, 4) is 61.6 Å². The van der Waals surface area contributed by atoms with Crippen molar-refractivity contribution in [1.82, 2.24) is 29.9 Å². The average Bonchev–Trinajstić information content (AvgIpc) is 4.31. The Bertz CT molecular complexity index is 4000. The molecule has 1 amide bonds. The van der Waals surface area contributed by atoms with Crippen LogP contribution in [-0.4, -0.2) is 54.4 Å². The Morgan fingerprint density at radius 3 is 1.48 bits per heavy atom. The van der Waals surface area contributed by atoms with E-state index in [4.69, 9.17) is 19.7 Å². The number of nitrogens with one attached hydrogen (secondary N) is 5. The molecule has 11 heteroatoms. The van der Waals surface area contributed by atoms with Crippen LogP contribution >= 0.6 is 0 Å². The number of benzene rings is 4. The quantitative estimate of drug-likeness (QED) is 0.0824. The minimum Gasteiger partial charge on any atom is -0.494 e. The third kappa shape index (κ3) is 8.97. The number of hydrogen-bond donors (Lipinski definition) is 5. The van der Waals surface area contributed by atoms with E-state index in [1.165, 1.54) is 0 Å². The van der Waals surface area contributed by atoms with Gasteiger partial charge in [-0.1, -0.05) is 103 Å². The minimum absolute atomic E-state index is 0.00459. The van der Waals surface area contributed by atoms with Gasteiger partial charge in [0.25, 0.3) is 0 Å². The van der Waals surface area contributed by atoms with Crippen molar-refractivity contribution < 1.29 is 14.3 Å². The molecule has 0 fully saturated rings. The third-order valence-electron chi connectivity index (χ3n) is 13.9. The number of Topliss-reactive ketones (excluding diaryl/α,β-unsaturated/α-hetero) is 1. The number of ketones is 1. The number of aromatic amines is 4. The van der Waals surface area contributed by atoms with Crippen molar-refractivity contribution in [3.63, 3.8) is 0 Å². The second kappa shape index (κ2) is 19.6. The first-order valence-electron chi connectivity index (χ1n) is 24.9.